The van der Waals surface area contributed by atoms with E-state index in [9.17, 15) is 4.79 Å². The van der Waals surface area contributed by atoms with E-state index >= 15 is 0 Å². The molecule has 0 amide bonds. The van der Waals surface area contributed by atoms with Gasteiger partial charge in [0.1, 0.15) is 0 Å². The van der Waals surface area contributed by atoms with Gasteiger partial charge in [-0.05, 0) is 43.4 Å². The summed E-state index contributed by atoms with van der Waals surface area (Å²) >= 11 is 0. The van der Waals surface area contributed by atoms with Gasteiger partial charge in [-0.3, -0.25) is 10.1 Å². The van der Waals surface area contributed by atoms with Crippen LogP contribution in [-0.2, 0) is 16.0 Å². The Morgan fingerprint density at radius 1 is 1.33 bits per heavy atom. The van der Waals surface area contributed by atoms with Crippen molar-refractivity contribution in [3.63, 3.8) is 0 Å². The monoisotopic (exact) mass is 284 g/mol. The lowest BCUT2D eigenvalue weighted by Gasteiger charge is -2.29. The van der Waals surface area contributed by atoms with Crippen LogP contribution >= 0.6 is 0 Å². The number of ether oxygens (including phenoxy) is 1. The summed E-state index contributed by atoms with van der Waals surface area (Å²) in [6, 6.07) is 6.45. The van der Waals surface area contributed by atoms with Gasteiger partial charge in [0.15, 0.2) is 6.23 Å². The van der Waals surface area contributed by atoms with Gasteiger partial charge in [0.2, 0.25) is 0 Å². The molecule has 1 atom stereocenters. The predicted octanol–water partition coefficient (Wildman–Crippen LogP) is 2.96. The lowest BCUT2D eigenvalue weighted by Crippen LogP contribution is -2.35. The second kappa shape index (κ2) is 4.88. The average Bonchev–Trinajstić information content (AvgIpc) is 2.75. The van der Waals surface area contributed by atoms with E-state index in [-0.39, 0.29) is 18.1 Å². The summed E-state index contributed by atoms with van der Waals surface area (Å²) in [6.07, 6.45) is 3.74. The van der Waals surface area contributed by atoms with Crippen molar-refractivity contribution in [1.29, 1.82) is 0 Å². The van der Waals surface area contributed by atoms with Crippen LogP contribution in [0.4, 0.5) is 0 Å². The highest BCUT2D eigenvalue weighted by molar-refractivity contribution is 5.86. The molecule has 4 rings (SSSR count). The minimum Gasteiger partial charge on any atom is -0.440 e. The van der Waals surface area contributed by atoms with E-state index in [1.54, 1.807) is 0 Å². The van der Waals surface area contributed by atoms with Crippen LogP contribution < -0.4 is 5.32 Å². The Bertz CT molecular complexity index is 700. The minimum absolute atomic E-state index is 0.0542. The van der Waals surface area contributed by atoms with Gasteiger partial charge in [-0.25, -0.2) is 0 Å². The highest BCUT2D eigenvalue weighted by Crippen LogP contribution is 2.33. The van der Waals surface area contributed by atoms with E-state index in [0.29, 0.717) is 0 Å². The Morgan fingerprint density at radius 3 is 2.95 bits per heavy atom. The third-order valence-electron chi connectivity index (χ3n) is 4.73. The molecule has 4 nitrogen and oxygen atoms in total. The lowest BCUT2D eigenvalue weighted by molar-refractivity contribution is -0.159. The average molecular weight is 284 g/mol. The summed E-state index contributed by atoms with van der Waals surface area (Å²) in [7, 11) is 0. The molecule has 0 bridgehead atoms. The standard InChI is InChI=1S/C17H20N2O2/c1-10-5-6-12-13-7-8-18-16(15(13)19-14(12)9-10)21-17(20)11-3-2-4-11/h5-6,9,11,16,18-19H,2-4,7-8H2,1H3. The normalized spacial score (nSPS) is 21.9. The summed E-state index contributed by atoms with van der Waals surface area (Å²) in [5, 5.41) is 4.56. The predicted molar refractivity (Wildman–Crippen MR) is 80.9 cm³/mol. The zero-order chi connectivity index (χ0) is 14.4. The van der Waals surface area contributed by atoms with Crippen molar-refractivity contribution < 1.29 is 9.53 Å². The van der Waals surface area contributed by atoms with Crippen molar-refractivity contribution in [3.05, 3.63) is 35.0 Å². The molecule has 1 aliphatic heterocycles. The molecule has 2 N–H and O–H groups in total. The first kappa shape index (κ1) is 12.9. The maximum absolute atomic E-state index is 12.1. The summed E-state index contributed by atoms with van der Waals surface area (Å²) < 4.78 is 5.70. The first-order chi connectivity index (χ1) is 10.2. The van der Waals surface area contributed by atoms with Gasteiger partial charge in [0, 0.05) is 17.4 Å². The van der Waals surface area contributed by atoms with Crippen LogP contribution in [0.3, 0.4) is 0 Å². The van der Waals surface area contributed by atoms with E-state index < -0.39 is 0 Å². The zero-order valence-electron chi connectivity index (χ0n) is 12.2. The molecule has 1 fully saturated rings. The van der Waals surface area contributed by atoms with Crippen molar-refractivity contribution in [2.45, 2.75) is 38.8 Å². The minimum atomic E-state index is -0.324. The molecule has 1 aromatic heterocycles. The first-order valence-electron chi connectivity index (χ1n) is 7.77. The van der Waals surface area contributed by atoms with Crippen LogP contribution in [0.5, 0.6) is 0 Å². The number of benzene rings is 1. The Labute approximate surface area is 123 Å². The van der Waals surface area contributed by atoms with Gasteiger partial charge in [0.05, 0.1) is 11.6 Å². The van der Waals surface area contributed by atoms with E-state index in [0.717, 1.165) is 43.4 Å². The molecule has 2 aliphatic rings. The van der Waals surface area contributed by atoms with Crippen molar-refractivity contribution in [1.82, 2.24) is 10.3 Å². The summed E-state index contributed by atoms with van der Waals surface area (Å²) in [4.78, 5) is 15.5. The third-order valence-corrected chi connectivity index (χ3v) is 4.73. The van der Waals surface area contributed by atoms with Crippen molar-refractivity contribution >= 4 is 16.9 Å². The molecule has 1 aliphatic carbocycles. The van der Waals surface area contributed by atoms with Crippen molar-refractivity contribution in [2.75, 3.05) is 6.54 Å². The van der Waals surface area contributed by atoms with Crippen LogP contribution in [0.2, 0.25) is 0 Å². The maximum Gasteiger partial charge on any atom is 0.310 e. The third kappa shape index (κ3) is 2.14. The second-order valence-electron chi connectivity index (χ2n) is 6.22. The van der Waals surface area contributed by atoms with Gasteiger partial charge in [0.25, 0.3) is 0 Å². The van der Waals surface area contributed by atoms with Crippen molar-refractivity contribution in [3.8, 4) is 0 Å². The number of aromatic nitrogens is 1. The molecule has 0 saturated heterocycles. The summed E-state index contributed by atoms with van der Waals surface area (Å²) in [5.74, 6) is 0.0604. The van der Waals surface area contributed by atoms with Gasteiger partial charge < -0.3 is 9.72 Å². The number of esters is 1. The number of H-pyrrole nitrogens is 1. The SMILES string of the molecule is Cc1ccc2c3c([nH]c2c1)C(OC(=O)C1CCC1)NCC3. The molecular weight excluding hydrogens is 264 g/mol. The highest BCUT2D eigenvalue weighted by Gasteiger charge is 2.32. The summed E-state index contributed by atoms with van der Waals surface area (Å²) in [5.41, 5.74) is 4.68. The molecule has 21 heavy (non-hydrogen) atoms. The second-order valence-corrected chi connectivity index (χ2v) is 6.22. The van der Waals surface area contributed by atoms with Crippen LogP contribution in [0.15, 0.2) is 18.2 Å². The molecule has 4 heteroatoms. The zero-order valence-corrected chi connectivity index (χ0v) is 12.2. The molecule has 1 saturated carbocycles. The number of rotatable bonds is 2. The Hall–Kier alpha value is -1.81. The molecular formula is C17H20N2O2. The topological polar surface area (TPSA) is 54.1 Å². The Balaban J connectivity index is 1.67. The molecule has 2 heterocycles. The maximum atomic E-state index is 12.1. The van der Waals surface area contributed by atoms with E-state index in [1.807, 2.05) is 0 Å². The molecule has 0 spiro atoms. The number of hydrogen-bond donors (Lipinski definition) is 2. The van der Waals surface area contributed by atoms with Gasteiger partial charge in [-0.1, -0.05) is 18.6 Å². The number of carbonyl (C=O) groups excluding carboxylic acids is 1. The first-order valence-corrected chi connectivity index (χ1v) is 7.77. The van der Waals surface area contributed by atoms with Gasteiger partial charge in [-0.2, -0.15) is 0 Å². The van der Waals surface area contributed by atoms with Crippen LogP contribution in [0.25, 0.3) is 10.9 Å². The van der Waals surface area contributed by atoms with E-state index in [1.165, 1.54) is 16.5 Å². The summed E-state index contributed by atoms with van der Waals surface area (Å²) in [6.45, 7) is 2.93. The van der Waals surface area contributed by atoms with Crippen LogP contribution in [-0.4, -0.2) is 17.5 Å². The number of nitrogens with one attached hydrogen (secondary N) is 2. The fraction of sp³-hybridized carbons (Fsp3) is 0.471. The number of aryl methyl sites for hydroxylation is 1. The van der Waals surface area contributed by atoms with Crippen LogP contribution in [0, 0.1) is 12.8 Å². The molecule has 2 aromatic rings. The highest BCUT2D eigenvalue weighted by atomic mass is 16.6. The smallest absolute Gasteiger partial charge is 0.310 e. The van der Waals surface area contributed by atoms with E-state index in [4.69, 9.17) is 4.74 Å². The fourth-order valence-corrected chi connectivity index (χ4v) is 3.27. The lowest BCUT2D eigenvalue weighted by atomic mass is 9.86. The van der Waals surface area contributed by atoms with Crippen molar-refractivity contribution in [2.24, 2.45) is 5.92 Å². The fourth-order valence-electron chi connectivity index (χ4n) is 3.27. The number of aromatic amines is 1. The largest absolute Gasteiger partial charge is 0.440 e. The Morgan fingerprint density at radius 2 is 2.19 bits per heavy atom. The van der Waals surface area contributed by atoms with E-state index in [2.05, 4.69) is 35.4 Å². The molecule has 110 valence electrons. The molecule has 1 aromatic carbocycles. The Kier molecular flexibility index (Phi) is 3.00. The van der Waals surface area contributed by atoms with Crippen LogP contribution in [0.1, 0.15) is 42.3 Å². The quantitative estimate of drug-likeness (QED) is 0.834. The van der Waals surface area contributed by atoms with Gasteiger partial charge >= 0.3 is 5.97 Å². The number of carbonyl (C=O) groups is 1. The molecule has 1 unspecified atom stereocenters. The number of fused-ring (bicyclic) bond motifs is 3. The molecule has 0 radical (unpaired) electrons. The number of hydrogen-bond acceptors (Lipinski definition) is 3. The van der Waals surface area contributed by atoms with Gasteiger partial charge in [-0.15, -0.1) is 0 Å².